The van der Waals surface area contributed by atoms with Gasteiger partial charge in [-0.15, -0.1) is 0 Å². The van der Waals surface area contributed by atoms with Crippen LogP contribution in [-0.2, 0) is 6.54 Å². The van der Waals surface area contributed by atoms with Crippen molar-refractivity contribution in [3.8, 4) is 0 Å². The Balaban J connectivity index is 1.78. The molecule has 0 bridgehead atoms. The third-order valence-corrected chi connectivity index (χ3v) is 4.22. The van der Waals surface area contributed by atoms with Crippen LogP contribution < -0.4 is 5.32 Å². The molecule has 1 aliphatic rings. The van der Waals surface area contributed by atoms with Crippen molar-refractivity contribution >= 4 is 11.6 Å². The lowest BCUT2D eigenvalue weighted by Crippen LogP contribution is -2.42. The van der Waals surface area contributed by atoms with E-state index in [4.69, 9.17) is 11.6 Å². The standard InChI is InChI=1S/C15H22ClFN2/c1-12(19-8-3-2-4-9-19)10-18-11-13-6-5-7-14(17)15(13)16/h5-7,12,18H,2-4,8-11H2,1H3. The smallest absolute Gasteiger partial charge is 0.142 e. The molecule has 0 spiro atoms. The Morgan fingerprint density at radius 3 is 2.79 bits per heavy atom. The molecule has 0 aliphatic carbocycles. The van der Waals surface area contributed by atoms with Crippen molar-refractivity contribution in [2.75, 3.05) is 19.6 Å². The molecule has 0 aromatic heterocycles. The number of halogens is 2. The second-order valence-electron chi connectivity index (χ2n) is 5.29. The van der Waals surface area contributed by atoms with E-state index in [0.29, 0.717) is 12.6 Å². The zero-order chi connectivity index (χ0) is 13.7. The number of benzene rings is 1. The predicted molar refractivity (Wildman–Crippen MR) is 78.0 cm³/mol. The van der Waals surface area contributed by atoms with Crippen molar-refractivity contribution in [3.05, 3.63) is 34.6 Å². The Kier molecular flexibility index (Phi) is 5.61. The van der Waals surface area contributed by atoms with E-state index in [1.54, 1.807) is 6.07 Å². The molecule has 1 N–H and O–H groups in total. The SMILES string of the molecule is CC(CNCc1cccc(F)c1Cl)N1CCCCC1. The van der Waals surface area contributed by atoms with E-state index >= 15 is 0 Å². The van der Waals surface area contributed by atoms with Crippen LogP contribution in [0.25, 0.3) is 0 Å². The first-order valence-electron chi connectivity index (χ1n) is 7.06. The summed E-state index contributed by atoms with van der Waals surface area (Å²) in [7, 11) is 0. The fourth-order valence-electron chi connectivity index (χ4n) is 2.59. The molecular formula is C15H22ClFN2. The summed E-state index contributed by atoms with van der Waals surface area (Å²) in [5.74, 6) is -0.343. The molecule has 1 atom stereocenters. The minimum Gasteiger partial charge on any atom is -0.311 e. The Hall–Kier alpha value is -0.640. The number of rotatable bonds is 5. The highest BCUT2D eigenvalue weighted by atomic mass is 35.5. The summed E-state index contributed by atoms with van der Waals surface area (Å²) in [6.07, 6.45) is 3.97. The van der Waals surface area contributed by atoms with Crippen molar-refractivity contribution in [2.24, 2.45) is 0 Å². The average molecular weight is 285 g/mol. The van der Waals surface area contributed by atoms with Gasteiger partial charge in [0.1, 0.15) is 5.82 Å². The monoisotopic (exact) mass is 284 g/mol. The number of nitrogens with one attached hydrogen (secondary N) is 1. The minimum absolute atomic E-state index is 0.237. The van der Waals surface area contributed by atoms with Gasteiger partial charge in [0.15, 0.2) is 0 Å². The van der Waals surface area contributed by atoms with Crippen LogP contribution in [0.2, 0.25) is 5.02 Å². The highest BCUT2D eigenvalue weighted by Gasteiger charge is 2.16. The van der Waals surface area contributed by atoms with Crippen LogP contribution in [0.15, 0.2) is 18.2 Å². The minimum atomic E-state index is -0.343. The first kappa shape index (κ1) is 14.8. The summed E-state index contributed by atoms with van der Waals surface area (Å²) >= 11 is 5.93. The van der Waals surface area contributed by atoms with Crippen molar-refractivity contribution < 1.29 is 4.39 Å². The van der Waals surface area contributed by atoms with Crippen LogP contribution in [0.3, 0.4) is 0 Å². The highest BCUT2D eigenvalue weighted by Crippen LogP contribution is 2.19. The zero-order valence-corrected chi connectivity index (χ0v) is 12.2. The lowest BCUT2D eigenvalue weighted by molar-refractivity contribution is 0.170. The van der Waals surface area contributed by atoms with Crippen molar-refractivity contribution in [1.82, 2.24) is 10.2 Å². The highest BCUT2D eigenvalue weighted by molar-refractivity contribution is 6.31. The normalized spacial score (nSPS) is 18.5. The van der Waals surface area contributed by atoms with Gasteiger partial charge in [0.2, 0.25) is 0 Å². The molecule has 2 nitrogen and oxygen atoms in total. The Morgan fingerprint density at radius 1 is 1.32 bits per heavy atom. The topological polar surface area (TPSA) is 15.3 Å². The quantitative estimate of drug-likeness (QED) is 0.891. The van der Waals surface area contributed by atoms with Gasteiger partial charge in [-0.1, -0.05) is 30.2 Å². The van der Waals surface area contributed by atoms with E-state index in [1.807, 2.05) is 6.07 Å². The van der Waals surface area contributed by atoms with Crippen LogP contribution in [0.5, 0.6) is 0 Å². The van der Waals surface area contributed by atoms with Crippen molar-refractivity contribution in [1.29, 1.82) is 0 Å². The first-order chi connectivity index (χ1) is 9.18. The largest absolute Gasteiger partial charge is 0.311 e. The summed E-state index contributed by atoms with van der Waals surface area (Å²) in [5.41, 5.74) is 0.826. The van der Waals surface area contributed by atoms with Gasteiger partial charge in [-0.25, -0.2) is 4.39 Å². The lowest BCUT2D eigenvalue weighted by Gasteiger charge is -2.32. The second-order valence-corrected chi connectivity index (χ2v) is 5.67. The van der Waals surface area contributed by atoms with E-state index in [0.717, 1.165) is 12.1 Å². The molecular weight excluding hydrogens is 263 g/mol. The summed E-state index contributed by atoms with van der Waals surface area (Å²) in [5, 5.41) is 3.61. The number of nitrogens with zero attached hydrogens (tertiary/aromatic N) is 1. The fourth-order valence-corrected chi connectivity index (χ4v) is 2.78. The molecule has 2 rings (SSSR count). The van der Waals surface area contributed by atoms with Gasteiger partial charge < -0.3 is 5.32 Å². The maximum atomic E-state index is 13.3. The third kappa shape index (κ3) is 4.16. The molecule has 1 aromatic rings. The van der Waals surface area contributed by atoms with Crippen LogP contribution in [0, 0.1) is 5.82 Å². The second kappa shape index (κ2) is 7.22. The van der Waals surface area contributed by atoms with E-state index in [-0.39, 0.29) is 10.8 Å². The maximum Gasteiger partial charge on any atom is 0.142 e. The number of likely N-dealkylation sites (tertiary alicyclic amines) is 1. The van der Waals surface area contributed by atoms with Gasteiger partial charge in [-0.2, -0.15) is 0 Å². The number of piperidine rings is 1. The van der Waals surface area contributed by atoms with Crippen molar-refractivity contribution in [2.45, 2.75) is 38.8 Å². The molecule has 0 saturated carbocycles. The third-order valence-electron chi connectivity index (χ3n) is 3.80. The van der Waals surface area contributed by atoms with E-state index in [2.05, 4.69) is 17.1 Å². The number of hydrogen-bond acceptors (Lipinski definition) is 2. The molecule has 1 heterocycles. The Labute approximate surface area is 119 Å². The van der Waals surface area contributed by atoms with E-state index in [9.17, 15) is 4.39 Å². The summed E-state index contributed by atoms with van der Waals surface area (Å²) in [6, 6.07) is 5.48. The molecule has 4 heteroatoms. The average Bonchev–Trinajstić information content (AvgIpc) is 2.44. The maximum absolute atomic E-state index is 13.3. The summed E-state index contributed by atoms with van der Waals surface area (Å²) in [4.78, 5) is 2.52. The summed E-state index contributed by atoms with van der Waals surface area (Å²) in [6.45, 7) is 6.17. The van der Waals surface area contributed by atoms with Crippen LogP contribution in [-0.4, -0.2) is 30.6 Å². The predicted octanol–water partition coefficient (Wildman–Crippen LogP) is 3.44. The lowest BCUT2D eigenvalue weighted by atomic mass is 10.1. The van der Waals surface area contributed by atoms with E-state index < -0.39 is 0 Å². The zero-order valence-electron chi connectivity index (χ0n) is 11.5. The van der Waals surface area contributed by atoms with Crippen LogP contribution in [0.4, 0.5) is 4.39 Å². The molecule has 1 unspecified atom stereocenters. The van der Waals surface area contributed by atoms with Gasteiger partial charge in [-0.3, -0.25) is 4.90 Å². The molecule has 106 valence electrons. The van der Waals surface area contributed by atoms with E-state index in [1.165, 1.54) is 38.4 Å². The Morgan fingerprint density at radius 2 is 2.05 bits per heavy atom. The molecule has 0 amide bonds. The Bertz CT molecular complexity index is 405. The van der Waals surface area contributed by atoms with Gasteiger partial charge >= 0.3 is 0 Å². The van der Waals surface area contributed by atoms with Gasteiger partial charge in [0.25, 0.3) is 0 Å². The molecule has 1 aromatic carbocycles. The first-order valence-corrected chi connectivity index (χ1v) is 7.44. The fraction of sp³-hybridized carbons (Fsp3) is 0.600. The van der Waals surface area contributed by atoms with Gasteiger partial charge in [0, 0.05) is 19.1 Å². The van der Waals surface area contributed by atoms with Crippen molar-refractivity contribution in [3.63, 3.8) is 0 Å². The molecule has 0 radical (unpaired) electrons. The van der Waals surface area contributed by atoms with Gasteiger partial charge in [0.05, 0.1) is 5.02 Å². The molecule has 1 aliphatic heterocycles. The van der Waals surface area contributed by atoms with Crippen LogP contribution >= 0.6 is 11.6 Å². The van der Waals surface area contributed by atoms with Crippen LogP contribution in [0.1, 0.15) is 31.7 Å². The molecule has 19 heavy (non-hydrogen) atoms. The van der Waals surface area contributed by atoms with Gasteiger partial charge in [-0.05, 0) is 44.5 Å². The summed E-state index contributed by atoms with van der Waals surface area (Å²) < 4.78 is 13.3. The molecule has 1 saturated heterocycles. The molecule has 1 fully saturated rings. The number of hydrogen-bond donors (Lipinski definition) is 1.